The van der Waals surface area contributed by atoms with E-state index in [1.165, 1.54) is 0 Å². The molecule has 1 atom stereocenters. The Kier molecular flexibility index (Phi) is 6.03. The zero-order valence-corrected chi connectivity index (χ0v) is 17.0. The lowest BCUT2D eigenvalue weighted by Gasteiger charge is -2.20. The maximum Gasteiger partial charge on any atom is 0.265 e. The maximum absolute atomic E-state index is 12.5. The van der Waals surface area contributed by atoms with E-state index in [1.807, 2.05) is 18.2 Å². The molecule has 2 N–H and O–H groups in total. The molecule has 0 spiro atoms. The first kappa shape index (κ1) is 20.3. The average Bonchev–Trinajstić information content (AvgIpc) is 2.80. The number of ether oxygens (including phenoxy) is 3. The Morgan fingerprint density at radius 2 is 1.52 bits per heavy atom. The van der Waals surface area contributed by atoms with Crippen molar-refractivity contribution in [1.82, 2.24) is 0 Å². The molecule has 31 heavy (non-hydrogen) atoms. The SMILES string of the molecule is CC(Oc1ccc(NC(=O)c2ccccc2)cc1)C(=O)Nc1ccc2c(c1)OCCO2. The van der Waals surface area contributed by atoms with Crippen LogP contribution < -0.4 is 24.8 Å². The smallest absolute Gasteiger partial charge is 0.265 e. The molecule has 3 aromatic rings. The number of anilines is 2. The predicted octanol–water partition coefficient (Wildman–Crippen LogP) is 4.12. The van der Waals surface area contributed by atoms with Gasteiger partial charge in [0.25, 0.3) is 11.8 Å². The molecular formula is C24H22N2O5. The van der Waals surface area contributed by atoms with E-state index in [2.05, 4.69) is 10.6 Å². The maximum atomic E-state index is 12.5. The summed E-state index contributed by atoms with van der Waals surface area (Å²) in [5.74, 6) is 1.29. The third kappa shape index (κ3) is 5.14. The van der Waals surface area contributed by atoms with Gasteiger partial charge in [-0.15, -0.1) is 0 Å². The Hall–Kier alpha value is -4.00. The van der Waals surface area contributed by atoms with Crippen LogP contribution in [0.5, 0.6) is 17.2 Å². The van der Waals surface area contributed by atoms with Crippen LogP contribution in [0.2, 0.25) is 0 Å². The normalized spacial score (nSPS) is 13.1. The van der Waals surface area contributed by atoms with Crippen LogP contribution in [0.15, 0.2) is 72.8 Å². The van der Waals surface area contributed by atoms with Gasteiger partial charge in [-0.25, -0.2) is 0 Å². The first-order valence-electron chi connectivity index (χ1n) is 9.92. The number of fused-ring (bicyclic) bond motifs is 1. The fourth-order valence-corrected chi connectivity index (χ4v) is 3.03. The molecule has 2 amide bonds. The zero-order valence-electron chi connectivity index (χ0n) is 17.0. The molecule has 0 fully saturated rings. The molecule has 1 heterocycles. The minimum absolute atomic E-state index is 0.193. The number of rotatable bonds is 6. The van der Waals surface area contributed by atoms with Gasteiger partial charge in [-0.3, -0.25) is 9.59 Å². The summed E-state index contributed by atoms with van der Waals surface area (Å²) in [4.78, 5) is 24.7. The van der Waals surface area contributed by atoms with Gasteiger partial charge in [0.2, 0.25) is 0 Å². The summed E-state index contributed by atoms with van der Waals surface area (Å²) >= 11 is 0. The van der Waals surface area contributed by atoms with Gasteiger partial charge in [0.1, 0.15) is 19.0 Å². The average molecular weight is 418 g/mol. The number of hydrogen-bond acceptors (Lipinski definition) is 5. The molecule has 0 aromatic heterocycles. The highest BCUT2D eigenvalue weighted by molar-refractivity contribution is 6.04. The number of carbonyl (C=O) groups excluding carboxylic acids is 2. The second kappa shape index (κ2) is 9.21. The molecule has 7 nitrogen and oxygen atoms in total. The molecule has 0 saturated carbocycles. The standard InChI is InChI=1S/C24H22N2O5/c1-16(23(27)26-19-9-12-21-22(15-19)30-14-13-29-21)31-20-10-7-18(8-11-20)25-24(28)17-5-3-2-4-6-17/h2-12,15-16H,13-14H2,1H3,(H,25,28)(H,26,27). The second-order valence-electron chi connectivity index (χ2n) is 6.95. The molecular weight excluding hydrogens is 396 g/mol. The van der Waals surface area contributed by atoms with Crippen molar-refractivity contribution in [3.63, 3.8) is 0 Å². The Morgan fingerprint density at radius 1 is 0.839 bits per heavy atom. The summed E-state index contributed by atoms with van der Waals surface area (Å²) in [5, 5.41) is 5.63. The Labute approximate surface area is 179 Å². The monoisotopic (exact) mass is 418 g/mol. The fourth-order valence-electron chi connectivity index (χ4n) is 3.03. The van der Waals surface area contributed by atoms with E-state index in [-0.39, 0.29) is 11.8 Å². The van der Waals surface area contributed by atoms with E-state index in [0.29, 0.717) is 47.4 Å². The van der Waals surface area contributed by atoms with E-state index >= 15 is 0 Å². The minimum atomic E-state index is -0.724. The van der Waals surface area contributed by atoms with Crippen LogP contribution in [0.4, 0.5) is 11.4 Å². The van der Waals surface area contributed by atoms with Gasteiger partial charge in [0.15, 0.2) is 17.6 Å². The van der Waals surface area contributed by atoms with Crippen LogP contribution in [0.3, 0.4) is 0 Å². The molecule has 158 valence electrons. The first-order valence-corrected chi connectivity index (χ1v) is 9.92. The molecule has 0 saturated heterocycles. The third-order valence-electron chi connectivity index (χ3n) is 4.64. The minimum Gasteiger partial charge on any atom is -0.486 e. The van der Waals surface area contributed by atoms with E-state index in [1.54, 1.807) is 61.5 Å². The van der Waals surface area contributed by atoms with Crippen molar-refractivity contribution in [2.24, 2.45) is 0 Å². The highest BCUT2D eigenvalue weighted by Crippen LogP contribution is 2.32. The van der Waals surface area contributed by atoms with E-state index in [9.17, 15) is 9.59 Å². The summed E-state index contributed by atoms with van der Waals surface area (Å²) < 4.78 is 16.7. The summed E-state index contributed by atoms with van der Waals surface area (Å²) in [6, 6.07) is 21.1. The van der Waals surface area contributed by atoms with Gasteiger partial charge in [-0.1, -0.05) is 18.2 Å². The van der Waals surface area contributed by atoms with Crippen molar-refractivity contribution in [2.75, 3.05) is 23.8 Å². The highest BCUT2D eigenvalue weighted by atomic mass is 16.6. The van der Waals surface area contributed by atoms with Crippen molar-refractivity contribution in [3.05, 3.63) is 78.4 Å². The summed E-state index contributed by atoms with van der Waals surface area (Å²) in [6.07, 6.45) is -0.724. The summed E-state index contributed by atoms with van der Waals surface area (Å²) in [5.41, 5.74) is 1.81. The highest BCUT2D eigenvalue weighted by Gasteiger charge is 2.17. The Balaban J connectivity index is 1.32. The Bertz CT molecular complexity index is 1070. The molecule has 1 unspecified atom stereocenters. The fraction of sp³-hybridized carbons (Fsp3) is 0.167. The quantitative estimate of drug-likeness (QED) is 0.629. The molecule has 3 aromatic carbocycles. The number of carbonyl (C=O) groups is 2. The van der Waals surface area contributed by atoms with E-state index in [0.717, 1.165) is 0 Å². The van der Waals surface area contributed by atoms with Crippen LogP contribution >= 0.6 is 0 Å². The van der Waals surface area contributed by atoms with Crippen molar-refractivity contribution >= 4 is 23.2 Å². The lowest BCUT2D eigenvalue weighted by Crippen LogP contribution is -2.30. The van der Waals surface area contributed by atoms with Gasteiger partial charge in [-0.05, 0) is 55.5 Å². The van der Waals surface area contributed by atoms with Crippen molar-refractivity contribution in [2.45, 2.75) is 13.0 Å². The van der Waals surface area contributed by atoms with Crippen molar-refractivity contribution < 1.29 is 23.8 Å². The van der Waals surface area contributed by atoms with Gasteiger partial charge in [0, 0.05) is 23.0 Å². The molecule has 7 heteroatoms. The topological polar surface area (TPSA) is 85.9 Å². The largest absolute Gasteiger partial charge is 0.486 e. The lowest BCUT2D eigenvalue weighted by atomic mass is 10.2. The molecule has 1 aliphatic heterocycles. The predicted molar refractivity (Wildman–Crippen MR) is 117 cm³/mol. The van der Waals surface area contributed by atoms with Gasteiger partial charge in [-0.2, -0.15) is 0 Å². The van der Waals surface area contributed by atoms with Gasteiger partial charge >= 0.3 is 0 Å². The lowest BCUT2D eigenvalue weighted by molar-refractivity contribution is -0.122. The molecule has 0 bridgehead atoms. The summed E-state index contributed by atoms with van der Waals surface area (Å²) in [6.45, 7) is 2.66. The summed E-state index contributed by atoms with van der Waals surface area (Å²) in [7, 11) is 0. The number of benzene rings is 3. The van der Waals surface area contributed by atoms with Crippen LogP contribution in [-0.4, -0.2) is 31.1 Å². The van der Waals surface area contributed by atoms with E-state index < -0.39 is 6.10 Å². The van der Waals surface area contributed by atoms with Crippen LogP contribution in [0.25, 0.3) is 0 Å². The zero-order chi connectivity index (χ0) is 21.6. The number of amides is 2. The Morgan fingerprint density at radius 3 is 2.26 bits per heavy atom. The van der Waals surface area contributed by atoms with Crippen molar-refractivity contribution in [3.8, 4) is 17.2 Å². The molecule has 0 radical (unpaired) electrons. The van der Waals surface area contributed by atoms with Gasteiger partial charge in [0.05, 0.1) is 0 Å². The van der Waals surface area contributed by atoms with Crippen molar-refractivity contribution in [1.29, 1.82) is 0 Å². The molecule has 0 aliphatic carbocycles. The van der Waals surface area contributed by atoms with E-state index in [4.69, 9.17) is 14.2 Å². The van der Waals surface area contributed by atoms with Crippen LogP contribution in [-0.2, 0) is 4.79 Å². The molecule has 4 rings (SSSR count). The number of nitrogens with one attached hydrogen (secondary N) is 2. The first-order chi connectivity index (χ1) is 15.1. The van der Waals surface area contributed by atoms with Gasteiger partial charge < -0.3 is 24.8 Å². The molecule has 1 aliphatic rings. The second-order valence-corrected chi connectivity index (χ2v) is 6.95. The van der Waals surface area contributed by atoms with Crippen LogP contribution in [0.1, 0.15) is 17.3 Å². The third-order valence-corrected chi connectivity index (χ3v) is 4.64. The van der Waals surface area contributed by atoms with Crippen LogP contribution in [0, 0.1) is 0 Å². The number of hydrogen-bond donors (Lipinski definition) is 2.